The molecule has 0 radical (unpaired) electrons. The SMILES string of the molecule is COc1ccc(CC(=O)NCC(=O)Nc2ccc(C(C)=O)cc2)cc1OC. The van der Waals surface area contributed by atoms with E-state index in [9.17, 15) is 14.4 Å². The third-order valence-electron chi connectivity index (χ3n) is 3.83. The second-order valence-electron chi connectivity index (χ2n) is 5.82. The number of methoxy groups -OCH3 is 2. The van der Waals surface area contributed by atoms with Crippen LogP contribution in [0.3, 0.4) is 0 Å². The average Bonchev–Trinajstić information content (AvgIpc) is 2.66. The molecule has 2 amide bonds. The number of amides is 2. The summed E-state index contributed by atoms with van der Waals surface area (Å²) in [6.07, 6.45) is 0.112. The lowest BCUT2D eigenvalue weighted by atomic mass is 10.1. The van der Waals surface area contributed by atoms with Crippen molar-refractivity contribution in [3.8, 4) is 11.5 Å². The number of benzene rings is 2. The van der Waals surface area contributed by atoms with E-state index < -0.39 is 0 Å². The standard InChI is InChI=1S/C20H22N2O5/c1-13(23)15-5-7-16(8-6-15)22-20(25)12-21-19(24)11-14-4-9-17(26-2)18(10-14)27-3/h4-10H,11-12H2,1-3H3,(H,21,24)(H,22,25). The number of anilines is 1. The Balaban J connectivity index is 1.84. The fraction of sp³-hybridized carbons (Fsp3) is 0.250. The molecule has 0 fully saturated rings. The van der Waals surface area contributed by atoms with Crippen LogP contribution in [0, 0.1) is 0 Å². The van der Waals surface area contributed by atoms with E-state index in [4.69, 9.17) is 9.47 Å². The van der Waals surface area contributed by atoms with Crippen LogP contribution in [0.4, 0.5) is 5.69 Å². The Labute approximate surface area is 157 Å². The highest BCUT2D eigenvalue weighted by Gasteiger charge is 2.10. The van der Waals surface area contributed by atoms with Gasteiger partial charge in [0.15, 0.2) is 17.3 Å². The van der Waals surface area contributed by atoms with E-state index in [2.05, 4.69) is 10.6 Å². The highest BCUT2D eigenvalue weighted by Crippen LogP contribution is 2.27. The molecule has 0 atom stereocenters. The lowest BCUT2D eigenvalue weighted by Crippen LogP contribution is -2.33. The molecule has 0 spiro atoms. The second kappa shape index (κ2) is 9.38. The molecule has 7 heteroatoms. The zero-order chi connectivity index (χ0) is 19.8. The maximum atomic E-state index is 12.0. The minimum Gasteiger partial charge on any atom is -0.493 e. The van der Waals surface area contributed by atoms with Crippen molar-refractivity contribution in [1.82, 2.24) is 5.32 Å². The molecule has 0 bridgehead atoms. The highest BCUT2D eigenvalue weighted by atomic mass is 16.5. The molecule has 27 heavy (non-hydrogen) atoms. The lowest BCUT2D eigenvalue weighted by Gasteiger charge is -2.10. The van der Waals surface area contributed by atoms with E-state index >= 15 is 0 Å². The normalized spacial score (nSPS) is 10.0. The molecule has 2 rings (SSSR count). The monoisotopic (exact) mass is 370 g/mol. The lowest BCUT2D eigenvalue weighted by molar-refractivity contribution is -0.123. The number of rotatable bonds is 8. The topological polar surface area (TPSA) is 93.7 Å². The minimum absolute atomic E-state index is 0.0460. The summed E-state index contributed by atoms with van der Waals surface area (Å²) >= 11 is 0. The third kappa shape index (κ3) is 5.85. The van der Waals surface area contributed by atoms with Crippen LogP contribution in [0.25, 0.3) is 0 Å². The third-order valence-corrected chi connectivity index (χ3v) is 3.83. The molecule has 0 aliphatic rings. The predicted octanol–water partition coefficient (Wildman–Crippen LogP) is 2.20. The Morgan fingerprint density at radius 1 is 0.889 bits per heavy atom. The summed E-state index contributed by atoms with van der Waals surface area (Å²) in [5.41, 5.74) is 1.86. The van der Waals surface area contributed by atoms with Crippen LogP contribution in [0.15, 0.2) is 42.5 Å². The molecule has 0 aliphatic heterocycles. The first kappa shape index (κ1) is 20.0. The smallest absolute Gasteiger partial charge is 0.243 e. The molecule has 0 aliphatic carbocycles. The Bertz CT molecular complexity index is 831. The maximum Gasteiger partial charge on any atom is 0.243 e. The average molecular weight is 370 g/mol. The van der Waals surface area contributed by atoms with Crippen LogP contribution < -0.4 is 20.1 Å². The molecule has 142 valence electrons. The molecular weight excluding hydrogens is 348 g/mol. The summed E-state index contributed by atoms with van der Waals surface area (Å²) in [6.45, 7) is 1.32. The number of Topliss-reactive ketones (excluding diaryl/α,β-unsaturated/α-hetero) is 1. The number of ketones is 1. The molecule has 2 aromatic rings. The summed E-state index contributed by atoms with van der Waals surface area (Å²) in [5, 5.41) is 5.23. The molecule has 0 saturated heterocycles. The van der Waals surface area contributed by atoms with E-state index in [0.717, 1.165) is 5.56 Å². The van der Waals surface area contributed by atoms with Gasteiger partial charge in [0, 0.05) is 11.3 Å². The van der Waals surface area contributed by atoms with Crippen molar-refractivity contribution in [2.24, 2.45) is 0 Å². The zero-order valence-corrected chi connectivity index (χ0v) is 15.5. The Hall–Kier alpha value is -3.35. The van der Waals surface area contributed by atoms with Crippen molar-refractivity contribution in [2.45, 2.75) is 13.3 Å². The quantitative estimate of drug-likeness (QED) is 0.695. The fourth-order valence-electron chi connectivity index (χ4n) is 2.41. The zero-order valence-electron chi connectivity index (χ0n) is 15.5. The van der Waals surface area contributed by atoms with Crippen LogP contribution in [-0.4, -0.2) is 38.4 Å². The van der Waals surface area contributed by atoms with Crippen LogP contribution in [0.2, 0.25) is 0 Å². The van der Waals surface area contributed by atoms with Gasteiger partial charge in [-0.2, -0.15) is 0 Å². The van der Waals surface area contributed by atoms with Crippen molar-refractivity contribution in [3.05, 3.63) is 53.6 Å². The van der Waals surface area contributed by atoms with Crippen LogP contribution >= 0.6 is 0 Å². The number of nitrogens with one attached hydrogen (secondary N) is 2. The first-order valence-corrected chi connectivity index (χ1v) is 8.31. The van der Waals surface area contributed by atoms with Crippen molar-refractivity contribution in [1.29, 1.82) is 0 Å². The Morgan fingerprint density at radius 2 is 1.56 bits per heavy atom. The Morgan fingerprint density at radius 3 is 2.15 bits per heavy atom. The van der Waals surface area contributed by atoms with Crippen molar-refractivity contribution in [2.75, 3.05) is 26.1 Å². The van der Waals surface area contributed by atoms with Gasteiger partial charge in [0.05, 0.1) is 27.2 Å². The first-order valence-electron chi connectivity index (χ1n) is 8.31. The molecule has 2 N–H and O–H groups in total. The van der Waals surface area contributed by atoms with Crippen molar-refractivity contribution in [3.63, 3.8) is 0 Å². The molecule has 7 nitrogen and oxygen atoms in total. The number of carbonyl (C=O) groups excluding carboxylic acids is 3. The van der Waals surface area contributed by atoms with Gasteiger partial charge in [-0.1, -0.05) is 6.07 Å². The predicted molar refractivity (Wildman–Crippen MR) is 101 cm³/mol. The Kier molecular flexibility index (Phi) is 6.93. The number of ether oxygens (including phenoxy) is 2. The van der Waals surface area contributed by atoms with Gasteiger partial charge in [0.1, 0.15) is 0 Å². The maximum absolute atomic E-state index is 12.0. The minimum atomic E-state index is -0.355. The summed E-state index contributed by atoms with van der Waals surface area (Å²) in [7, 11) is 3.06. The van der Waals surface area contributed by atoms with Gasteiger partial charge in [0.2, 0.25) is 11.8 Å². The van der Waals surface area contributed by atoms with Gasteiger partial charge in [-0.05, 0) is 48.9 Å². The van der Waals surface area contributed by atoms with E-state index in [1.165, 1.54) is 21.1 Å². The van der Waals surface area contributed by atoms with E-state index in [-0.39, 0.29) is 30.6 Å². The fourth-order valence-corrected chi connectivity index (χ4v) is 2.41. The van der Waals surface area contributed by atoms with Gasteiger partial charge in [-0.3, -0.25) is 14.4 Å². The van der Waals surface area contributed by atoms with E-state index in [1.54, 1.807) is 42.5 Å². The largest absolute Gasteiger partial charge is 0.493 e. The van der Waals surface area contributed by atoms with Gasteiger partial charge in [0.25, 0.3) is 0 Å². The molecule has 0 saturated carbocycles. The highest BCUT2D eigenvalue weighted by molar-refractivity contribution is 5.97. The van der Waals surface area contributed by atoms with E-state index in [1.807, 2.05) is 0 Å². The molecule has 0 aromatic heterocycles. The van der Waals surface area contributed by atoms with Crippen LogP contribution in [0.1, 0.15) is 22.8 Å². The van der Waals surface area contributed by atoms with Gasteiger partial charge >= 0.3 is 0 Å². The summed E-state index contributed by atoms with van der Waals surface area (Å²) < 4.78 is 10.4. The summed E-state index contributed by atoms with van der Waals surface area (Å²) in [4.78, 5) is 35.2. The number of carbonyl (C=O) groups is 3. The molecule has 0 unspecified atom stereocenters. The summed E-state index contributed by atoms with van der Waals surface area (Å²) in [5.74, 6) is 0.428. The van der Waals surface area contributed by atoms with Crippen LogP contribution in [0.5, 0.6) is 11.5 Å². The number of hydrogen-bond acceptors (Lipinski definition) is 5. The van der Waals surface area contributed by atoms with Gasteiger partial charge in [-0.15, -0.1) is 0 Å². The molecular formula is C20H22N2O5. The van der Waals surface area contributed by atoms with Crippen molar-refractivity contribution < 1.29 is 23.9 Å². The van der Waals surface area contributed by atoms with E-state index in [0.29, 0.717) is 22.7 Å². The summed E-state index contributed by atoms with van der Waals surface area (Å²) in [6, 6.07) is 11.7. The van der Waals surface area contributed by atoms with Gasteiger partial charge in [-0.25, -0.2) is 0 Å². The molecule has 2 aromatic carbocycles. The molecule has 0 heterocycles. The van der Waals surface area contributed by atoms with Gasteiger partial charge < -0.3 is 20.1 Å². The van der Waals surface area contributed by atoms with Crippen LogP contribution in [-0.2, 0) is 16.0 Å². The number of hydrogen-bond donors (Lipinski definition) is 2. The second-order valence-corrected chi connectivity index (χ2v) is 5.82. The van der Waals surface area contributed by atoms with Crippen molar-refractivity contribution >= 4 is 23.3 Å². The first-order chi connectivity index (χ1) is 12.9.